The summed E-state index contributed by atoms with van der Waals surface area (Å²) >= 11 is 5.20. The number of hydrazone groups is 1. The average Bonchev–Trinajstić information content (AvgIpc) is 3.03. The Bertz CT molecular complexity index is 1380. The Labute approximate surface area is 195 Å². The largest absolute Gasteiger partial charge is 0.331 e. The van der Waals surface area contributed by atoms with Crippen molar-refractivity contribution in [3.63, 3.8) is 0 Å². The maximum absolute atomic E-state index is 13.9. The highest BCUT2D eigenvalue weighted by Gasteiger charge is 2.34. The Morgan fingerprint density at radius 1 is 1.06 bits per heavy atom. The molecule has 4 N–H and O–H groups in total. The van der Waals surface area contributed by atoms with Crippen LogP contribution in [0.4, 0.5) is 15.8 Å². The van der Waals surface area contributed by atoms with Crippen LogP contribution in [0, 0.1) is 5.82 Å². The zero-order valence-corrected chi connectivity index (χ0v) is 18.7. The fraction of sp³-hybridized carbons (Fsp3) is 0.0455. The number of hydrogen-bond acceptors (Lipinski definition) is 5. The second-order valence-corrected chi connectivity index (χ2v) is 9.11. The SMILES string of the molecule is NS(=O)(=O)c1cccc(NC(=S)NN=C2C(=O)N(Cc3ccccc3)c3ccc(F)cc32)c1. The molecule has 3 aromatic rings. The number of anilines is 2. The van der Waals surface area contributed by atoms with Gasteiger partial charge in [0.25, 0.3) is 5.91 Å². The van der Waals surface area contributed by atoms with Crippen LogP contribution in [0.5, 0.6) is 0 Å². The molecule has 0 fully saturated rings. The highest BCUT2D eigenvalue weighted by atomic mass is 32.2. The Kier molecular flexibility index (Phi) is 6.18. The van der Waals surface area contributed by atoms with Crippen molar-refractivity contribution in [1.82, 2.24) is 5.43 Å². The second-order valence-electron chi connectivity index (χ2n) is 7.14. The quantitative estimate of drug-likeness (QED) is 0.380. The van der Waals surface area contributed by atoms with E-state index in [0.29, 0.717) is 23.5 Å². The number of sulfonamides is 1. The van der Waals surface area contributed by atoms with Crippen molar-refractivity contribution in [1.29, 1.82) is 0 Å². The topological polar surface area (TPSA) is 117 Å². The number of carbonyl (C=O) groups excluding carboxylic acids is 1. The standard InChI is InChI=1S/C22H18FN5O3S2/c23-15-9-10-19-18(11-15)20(21(29)28(19)13-14-5-2-1-3-6-14)26-27-22(32)25-16-7-4-8-17(12-16)33(24,30)31/h1-12H,13H2,(H2,24,30,31)(H2,25,27,32). The van der Waals surface area contributed by atoms with Crippen molar-refractivity contribution < 1.29 is 17.6 Å². The van der Waals surface area contributed by atoms with Crippen molar-refractivity contribution in [2.75, 3.05) is 10.2 Å². The van der Waals surface area contributed by atoms with Gasteiger partial charge in [-0.15, -0.1) is 0 Å². The first-order valence-corrected chi connectivity index (χ1v) is 11.6. The highest BCUT2D eigenvalue weighted by molar-refractivity contribution is 7.89. The van der Waals surface area contributed by atoms with Crippen LogP contribution in [-0.2, 0) is 21.4 Å². The number of fused-ring (bicyclic) bond motifs is 1. The monoisotopic (exact) mass is 483 g/mol. The first kappa shape index (κ1) is 22.5. The Morgan fingerprint density at radius 3 is 2.55 bits per heavy atom. The summed E-state index contributed by atoms with van der Waals surface area (Å²) in [6.07, 6.45) is 0. The van der Waals surface area contributed by atoms with Gasteiger partial charge in [0.2, 0.25) is 10.0 Å². The molecule has 0 bridgehead atoms. The summed E-state index contributed by atoms with van der Waals surface area (Å²) in [5.74, 6) is -0.915. The molecule has 0 atom stereocenters. The molecule has 1 aliphatic rings. The van der Waals surface area contributed by atoms with E-state index in [1.807, 2.05) is 30.3 Å². The predicted octanol–water partition coefficient (Wildman–Crippen LogP) is 2.71. The van der Waals surface area contributed by atoms with Gasteiger partial charge in [-0.05, 0) is 54.2 Å². The summed E-state index contributed by atoms with van der Waals surface area (Å²) in [6.45, 7) is 0.292. The number of nitrogens with one attached hydrogen (secondary N) is 2. The third-order valence-corrected chi connectivity index (χ3v) is 5.93. The van der Waals surface area contributed by atoms with Crippen LogP contribution in [-0.4, -0.2) is 25.1 Å². The minimum atomic E-state index is -3.88. The van der Waals surface area contributed by atoms with E-state index in [9.17, 15) is 17.6 Å². The first-order chi connectivity index (χ1) is 15.7. The van der Waals surface area contributed by atoms with E-state index >= 15 is 0 Å². The van der Waals surface area contributed by atoms with Crippen molar-refractivity contribution in [3.8, 4) is 0 Å². The summed E-state index contributed by atoms with van der Waals surface area (Å²) in [7, 11) is -3.88. The molecule has 4 rings (SSSR count). The normalized spacial score (nSPS) is 14.3. The van der Waals surface area contributed by atoms with E-state index in [1.54, 1.807) is 6.07 Å². The lowest BCUT2D eigenvalue weighted by atomic mass is 10.1. The second kappa shape index (κ2) is 9.06. The third-order valence-electron chi connectivity index (χ3n) is 4.83. The Hall–Kier alpha value is -3.67. The van der Waals surface area contributed by atoms with E-state index in [2.05, 4.69) is 15.8 Å². The van der Waals surface area contributed by atoms with Gasteiger partial charge >= 0.3 is 0 Å². The fourth-order valence-corrected chi connectivity index (χ4v) is 4.06. The third kappa shape index (κ3) is 5.06. The summed E-state index contributed by atoms with van der Waals surface area (Å²) in [5, 5.41) is 12.0. The highest BCUT2D eigenvalue weighted by Crippen LogP contribution is 2.31. The van der Waals surface area contributed by atoms with Crippen LogP contribution >= 0.6 is 12.2 Å². The molecule has 1 amide bonds. The molecule has 8 nitrogen and oxygen atoms in total. The van der Waals surface area contributed by atoms with Crippen molar-refractivity contribution >= 4 is 50.3 Å². The Balaban J connectivity index is 1.56. The van der Waals surface area contributed by atoms with Crippen LogP contribution in [0.1, 0.15) is 11.1 Å². The zero-order valence-electron chi connectivity index (χ0n) is 17.0. The van der Waals surface area contributed by atoms with E-state index in [0.717, 1.165) is 5.56 Å². The molecule has 1 aliphatic heterocycles. The van der Waals surface area contributed by atoms with Gasteiger partial charge in [-0.25, -0.2) is 17.9 Å². The van der Waals surface area contributed by atoms with Gasteiger partial charge in [0.15, 0.2) is 10.8 Å². The zero-order chi connectivity index (χ0) is 23.6. The minimum absolute atomic E-state index is 0.00123. The van der Waals surface area contributed by atoms with E-state index in [4.69, 9.17) is 17.4 Å². The lowest BCUT2D eigenvalue weighted by molar-refractivity contribution is -0.112. The predicted molar refractivity (Wildman–Crippen MR) is 128 cm³/mol. The average molecular weight is 484 g/mol. The van der Waals surface area contributed by atoms with Gasteiger partial charge in [0.1, 0.15) is 5.82 Å². The lowest BCUT2D eigenvalue weighted by Crippen LogP contribution is -2.32. The molecule has 0 aromatic heterocycles. The van der Waals surface area contributed by atoms with Gasteiger partial charge in [-0.3, -0.25) is 10.2 Å². The van der Waals surface area contributed by atoms with Gasteiger partial charge in [0, 0.05) is 11.3 Å². The number of nitrogens with two attached hydrogens (primary N) is 1. The van der Waals surface area contributed by atoms with Crippen LogP contribution < -0.4 is 20.8 Å². The van der Waals surface area contributed by atoms with Crippen molar-refractivity contribution in [2.45, 2.75) is 11.4 Å². The molecule has 0 aliphatic carbocycles. The van der Waals surface area contributed by atoms with Crippen LogP contribution in [0.2, 0.25) is 0 Å². The minimum Gasteiger partial charge on any atom is -0.331 e. The molecule has 168 valence electrons. The molecule has 0 spiro atoms. The van der Waals surface area contributed by atoms with Gasteiger partial charge < -0.3 is 10.2 Å². The number of nitrogens with zero attached hydrogens (tertiary/aromatic N) is 2. The van der Waals surface area contributed by atoms with Crippen LogP contribution in [0.25, 0.3) is 0 Å². The smallest absolute Gasteiger partial charge is 0.279 e. The Morgan fingerprint density at radius 2 is 1.82 bits per heavy atom. The van der Waals surface area contributed by atoms with Gasteiger partial charge in [0.05, 0.1) is 17.1 Å². The molecule has 11 heteroatoms. The molecule has 0 radical (unpaired) electrons. The summed E-state index contributed by atoms with van der Waals surface area (Å²) in [4.78, 5) is 14.5. The van der Waals surface area contributed by atoms with Gasteiger partial charge in [-0.1, -0.05) is 36.4 Å². The number of halogens is 1. The molecule has 0 saturated carbocycles. The van der Waals surface area contributed by atoms with Crippen molar-refractivity contribution in [2.24, 2.45) is 10.2 Å². The number of benzene rings is 3. The number of primary sulfonamides is 1. The molecule has 3 aromatic carbocycles. The maximum atomic E-state index is 13.9. The number of carbonyl (C=O) groups is 1. The summed E-state index contributed by atoms with van der Waals surface area (Å²) < 4.78 is 37.0. The number of thiocarbonyl (C=S) groups is 1. The molecule has 0 saturated heterocycles. The molecular weight excluding hydrogens is 465 g/mol. The molecular formula is C22H18FN5O3S2. The number of amides is 1. The maximum Gasteiger partial charge on any atom is 0.279 e. The van der Waals surface area contributed by atoms with Crippen LogP contribution in [0.15, 0.2) is 82.8 Å². The van der Waals surface area contributed by atoms with Gasteiger partial charge in [-0.2, -0.15) is 5.10 Å². The first-order valence-electron chi connectivity index (χ1n) is 9.65. The number of rotatable bonds is 5. The van der Waals surface area contributed by atoms with E-state index in [-0.39, 0.29) is 15.7 Å². The fourth-order valence-electron chi connectivity index (χ4n) is 3.33. The van der Waals surface area contributed by atoms with E-state index in [1.165, 1.54) is 41.3 Å². The summed E-state index contributed by atoms with van der Waals surface area (Å²) in [6, 6.07) is 19.2. The molecule has 1 heterocycles. The number of hydrogen-bond donors (Lipinski definition) is 3. The van der Waals surface area contributed by atoms with E-state index < -0.39 is 21.7 Å². The lowest BCUT2D eigenvalue weighted by Gasteiger charge is -2.16. The molecule has 0 unspecified atom stereocenters. The molecule has 33 heavy (non-hydrogen) atoms. The van der Waals surface area contributed by atoms with Crippen molar-refractivity contribution in [3.05, 3.63) is 89.7 Å². The van der Waals surface area contributed by atoms with Crippen LogP contribution in [0.3, 0.4) is 0 Å². The summed E-state index contributed by atoms with van der Waals surface area (Å²) in [5.41, 5.74) is 4.70.